The molecule has 3 rings (SSSR count). The summed E-state index contributed by atoms with van der Waals surface area (Å²) in [5.41, 5.74) is 3.06. The van der Waals surface area contributed by atoms with Crippen molar-refractivity contribution >= 4 is 28.7 Å². The molecule has 0 radical (unpaired) electrons. The van der Waals surface area contributed by atoms with Gasteiger partial charge in [-0.1, -0.05) is 18.2 Å². The summed E-state index contributed by atoms with van der Waals surface area (Å²) in [6.45, 7) is 6.06. The highest BCUT2D eigenvalue weighted by Crippen LogP contribution is 2.15. The predicted octanol–water partition coefficient (Wildman–Crippen LogP) is 2.63. The lowest BCUT2D eigenvalue weighted by atomic mass is 10.3. The Labute approximate surface area is 176 Å². The zero-order valence-corrected chi connectivity index (χ0v) is 17.8. The average molecular weight is 408 g/mol. The molecule has 3 aromatic rings. The van der Waals surface area contributed by atoms with E-state index >= 15 is 0 Å². The molecule has 0 aliphatic heterocycles. The van der Waals surface area contributed by atoms with Crippen LogP contribution in [-0.4, -0.2) is 46.5 Å². The maximum absolute atomic E-state index is 12.1. The normalized spacial score (nSPS) is 11.5. The highest BCUT2D eigenvalue weighted by molar-refractivity contribution is 5.90. The molecule has 0 aliphatic rings. The van der Waals surface area contributed by atoms with Crippen molar-refractivity contribution in [2.45, 2.75) is 33.2 Å². The van der Waals surface area contributed by atoms with Gasteiger partial charge >= 0.3 is 0 Å². The number of imidazole rings is 1. The van der Waals surface area contributed by atoms with E-state index in [0.717, 1.165) is 42.1 Å². The molecule has 8 nitrogen and oxygen atoms in total. The van der Waals surface area contributed by atoms with Gasteiger partial charge < -0.3 is 20.5 Å². The van der Waals surface area contributed by atoms with E-state index in [1.165, 1.54) is 0 Å². The van der Waals surface area contributed by atoms with Crippen LogP contribution in [0.25, 0.3) is 11.0 Å². The number of anilines is 1. The number of rotatable bonds is 8. The van der Waals surface area contributed by atoms with Gasteiger partial charge in [0.25, 0.3) is 0 Å². The lowest BCUT2D eigenvalue weighted by Gasteiger charge is -2.12. The van der Waals surface area contributed by atoms with Gasteiger partial charge in [0, 0.05) is 38.8 Å². The van der Waals surface area contributed by atoms with Crippen LogP contribution in [-0.2, 0) is 11.3 Å². The predicted molar refractivity (Wildman–Crippen MR) is 121 cm³/mol. The van der Waals surface area contributed by atoms with Crippen molar-refractivity contribution in [2.75, 3.05) is 25.5 Å². The number of guanidine groups is 1. The fraction of sp³-hybridized carbons (Fsp3) is 0.364. The van der Waals surface area contributed by atoms with Crippen LogP contribution in [0.3, 0.4) is 0 Å². The van der Waals surface area contributed by atoms with Crippen molar-refractivity contribution < 1.29 is 4.79 Å². The van der Waals surface area contributed by atoms with Crippen LogP contribution in [0.2, 0.25) is 0 Å². The summed E-state index contributed by atoms with van der Waals surface area (Å²) in [6, 6.07) is 13.7. The number of hydrogen-bond donors (Lipinski definition) is 3. The van der Waals surface area contributed by atoms with Gasteiger partial charge in [-0.15, -0.1) is 0 Å². The van der Waals surface area contributed by atoms with Crippen LogP contribution >= 0.6 is 0 Å². The van der Waals surface area contributed by atoms with E-state index in [4.69, 9.17) is 0 Å². The minimum atomic E-state index is -0.0847. The third kappa shape index (κ3) is 5.79. The molecular weight excluding hydrogens is 378 g/mol. The van der Waals surface area contributed by atoms with Crippen molar-refractivity contribution in [1.82, 2.24) is 25.2 Å². The molecule has 0 fully saturated rings. The molecule has 0 bridgehead atoms. The Morgan fingerprint density at radius 1 is 1.03 bits per heavy atom. The van der Waals surface area contributed by atoms with E-state index in [0.29, 0.717) is 24.7 Å². The maximum Gasteiger partial charge on any atom is 0.227 e. The Bertz CT molecular complexity index is 1030. The van der Waals surface area contributed by atoms with Crippen molar-refractivity contribution in [3.8, 4) is 0 Å². The lowest BCUT2D eigenvalue weighted by molar-refractivity contribution is -0.116. The second-order valence-corrected chi connectivity index (χ2v) is 7.04. The molecule has 1 aromatic carbocycles. The quantitative estimate of drug-likeness (QED) is 0.303. The van der Waals surface area contributed by atoms with Crippen LogP contribution < -0.4 is 16.0 Å². The van der Waals surface area contributed by atoms with Crippen LogP contribution in [0.5, 0.6) is 0 Å². The molecule has 3 N–H and O–H groups in total. The fourth-order valence-corrected chi connectivity index (χ4v) is 3.26. The summed E-state index contributed by atoms with van der Waals surface area (Å²) in [6.07, 6.45) is 1.26. The van der Waals surface area contributed by atoms with Crippen LogP contribution in [0.15, 0.2) is 47.5 Å². The summed E-state index contributed by atoms with van der Waals surface area (Å²) < 4.78 is 2.23. The molecule has 0 saturated carbocycles. The number of para-hydroxylation sites is 2. The number of aromatic nitrogens is 3. The second kappa shape index (κ2) is 10.4. The van der Waals surface area contributed by atoms with Crippen LogP contribution in [0.4, 0.5) is 5.82 Å². The molecular formula is C22H29N7O. The molecule has 0 spiro atoms. The van der Waals surface area contributed by atoms with E-state index in [9.17, 15) is 4.79 Å². The molecule has 1 amide bonds. The monoisotopic (exact) mass is 407 g/mol. The first kappa shape index (κ1) is 21.3. The molecule has 0 unspecified atom stereocenters. The van der Waals surface area contributed by atoms with Gasteiger partial charge in [-0.2, -0.15) is 0 Å². The summed E-state index contributed by atoms with van der Waals surface area (Å²) in [7, 11) is 1.72. The SMILES string of the molecule is CN=C(NCCCn1c(C)nc2ccccc21)NCCC(=O)Nc1cccc(C)n1. The highest BCUT2D eigenvalue weighted by Gasteiger charge is 2.07. The van der Waals surface area contributed by atoms with Crippen LogP contribution in [0, 0.1) is 13.8 Å². The number of pyridine rings is 1. The van der Waals surface area contributed by atoms with Gasteiger partial charge in [0.15, 0.2) is 5.96 Å². The zero-order valence-electron chi connectivity index (χ0n) is 17.8. The maximum atomic E-state index is 12.1. The Kier molecular flexibility index (Phi) is 7.37. The summed E-state index contributed by atoms with van der Waals surface area (Å²) >= 11 is 0. The Hall–Kier alpha value is -3.42. The van der Waals surface area contributed by atoms with E-state index in [1.807, 2.05) is 44.2 Å². The average Bonchev–Trinajstić information content (AvgIpc) is 3.05. The number of benzene rings is 1. The van der Waals surface area contributed by atoms with E-state index in [2.05, 4.69) is 41.5 Å². The van der Waals surface area contributed by atoms with Crippen molar-refractivity contribution in [1.29, 1.82) is 0 Å². The number of aryl methyl sites for hydroxylation is 3. The smallest absolute Gasteiger partial charge is 0.227 e. The summed E-state index contributed by atoms with van der Waals surface area (Å²) in [5.74, 6) is 2.19. The molecule has 0 saturated heterocycles. The molecule has 0 aliphatic carbocycles. The molecule has 0 atom stereocenters. The van der Waals surface area contributed by atoms with E-state index in [-0.39, 0.29) is 5.91 Å². The number of nitrogens with one attached hydrogen (secondary N) is 3. The van der Waals surface area contributed by atoms with Gasteiger partial charge in [-0.05, 0) is 44.5 Å². The largest absolute Gasteiger partial charge is 0.356 e. The number of carbonyl (C=O) groups is 1. The topological polar surface area (TPSA) is 96.2 Å². The Morgan fingerprint density at radius 3 is 2.63 bits per heavy atom. The Balaban J connectivity index is 1.37. The number of amides is 1. The molecule has 2 heterocycles. The summed E-state index contributed by atoms with van der Waals surface area (Å²) in [4.78, 5) is 25.2. The summed E-state index contributed by atoms with van der Waals surface area (Å²) in [5, 5.41) is 9.27. The first-order valence-electron chi connectivity index (χ1n) is 10.2. The molecule has 8 heteroatoms. The zero-order chi connectivity index (χ0) is 21.3. The number of carbonyl (C=O) groups excluding carboxylic acids is 1. The standard InChI is InChI=1S/C22H29N7O/c1-16-8-6-11-20(26-16)28-21(30)12-14-25-22(23-3)24-13-7-15-29-17(2)27-18-9-4-5-10-19(18)29/h4-6,8-11H,7,12-15H2,1-3H3,(H2,23,24,25)(H,26,28,30). The van der Waals surface area contributed by atoms with Gasteiger partial charge in [0.1, 0.15) is 11.6 Å². The van der Waals surface area contributed by atoms with Gasteiger partial charge in [-0.25, -0.2) is 9.97 Å². The van der Waals surface area contributed by atoms with Gasteiger partial charge in [-0.3, -0.25) is 9.79 Å². The fourth-order valence-electron chi connectivity index (χ4n) is 3.26. The molecule has 158 valence electrons. The number of nitrogens with zero attached hydrogens (tertiary/aromatic N) is 4. The minimum Gasteiger partial charge on any atom is -0.356 e. The first-order valence-corrected chi connectivity index (χ1v) is 10.2. The number of fused-ring (bicyclic) bond motifs is 1. The number of hydrogen-bond acceptors (Lipinski definition) is 4. The third-order valence-electron chi connectivity index (χ3n) is 4.72. The molecule has 30 heavy (non-hydrogen) atoms. The van der Waals surface area contributed by atoms with E-state index in [1.54, 1.807) is 13.1 Å². The lowest BCUT2D eigenvalue weighted by Crippen LogP contribution is -2.39. The van der Waals surface area contributed by atoms with Crippen LogP contribution in [0.1, 0.15) is 24.4 Å². The second-order valence-electron chi connectivity index (χ2n) is 7.04. The Morgan fingerprint density at radius 2 is 1.83 bits per heavy atom. The first-order chi connectivity index (χ1) is 14.6. The third-order valence-corrected chi connectivity index (χ3v) is 4.72. The van der Waals surface area contributed by atoms with Gasteiger partial charge in [0.05, 0.1) is 11.0 Å². The molecule has 2 aromatic heterocycles. The van der Waals surface area contributed by atoms with Crippen molar-refractivity contribution in [2.24, 2.45) is 4.99 Å². The minimum absolute atomic E-state index is 0.0847. The van der Waals surface area contributed by atoms with E-state index < -0.39 is 0 Å². The van der Waals surface area contributed by atoms with Crippen molar-refractivity contribution in [3.05, 3.63) is 54.0 Å². The van der Waals surface area contributed by atoms with Gasteiger partial charge in [0.2, 0.25) is 5.91 Å². The van der Waals surface area contributed by atoms with Crippen molar-refractivity contribution in [3.63, 3.8) is 0 Å². The number of aliphatic imine (C=N–C) groups is 1. The highest BCUT2D eigenvalue weighted by atomic mass is 16.1.